The van der Waals surface area contributed by atoms with Gasteiger partial charge in [-0.3, -0.25) is 24.2 Å². The summed E-state index contributed by atoms with van der Waals surface area (Å²) in [4.78, 5) is 32.3. The number of benzene rings is 2. The number of aromatic nitrogens is 4. The van der Waals surface area contributed by atoms with Gasteiger partial charge in [-0.1, -0.05) is 30.3 Å². The minimum atomic E-state index is -0.249. The molecular formula is C28H31N7O2. The van der Waals surface area contributed by atoms with Crippen LogP contribution in [-0.4, -0.2) is 55.2 Å². The zero-order chi connectivity index (χ0) is 25.8. The van der Waals surface area contributed by atoms with Crippen molar-refractivity contribution >= 4 is 17.8 Å². The highest BCUT2D eigenvalue weighted by molar-refractivity contribution is 6.04. The molecule has 2 aromatic heterocycles. The largest absolute Gasteiger partial charge is 0.341 e. The van der Waals surface area contributed by atoms with Crippen molar-refractivity contribution in [1.29, 1.82) is 0 Å². The van der Waals surface area contributed by atoms with Crippen LogP contribution in [0, 0.1) is 0 Å². The molecule has 0 radical (unpaired) electrons. The first-order valence-corrected chi connectivity index (χ1v) is 12.5. The normalized spacial score (nSPS) is 15.2. The molecule has 1 aliphatic heterocycles. The molecule has 4 aromatic rings. The number of nitrogens with zero attached hydrogens (tertiary/aromatic N) is 5. The summed E-state index contributed by atoms with van der Waals surface area (Å²) in [5.41, 5.74) is 10.0. The molecule has 0 spiro atoms. The third-order valence-corrected chi connectivity index (χ3v) is 6.58. The molecule has 9 heteroatoms. The first-order chi connectivity index (χ1) is 18.0. The van der Waals surface area contributed by atoms with Crippen LogP contribution in [0.15, 0.2) is 73.2 Å². The van der Waals surface area contributed by atoms with Gasteiger partial charge in [-0.2, -0.15) is 5.10 Å². The van der Waals surface area contributed by atoms with Crippen molar-refractivity contribution in [2.45, 2.75) is 31.7 Å². The van der Waals surface area contributed by atoms with E-state index in [0.717, 1.165) is 35.5 Å². The lowest BCUT2D eigenvalue weighted by atomic mass is 10.1. The van der Waals surface area contributed by atoms with E-state index >= 15 is 0 Å². The lowest BCUT2D eigenvalue weighted by molar-refractivity contribution is -0.130. The molecule has 9 nitrogen and oxygen atoms in total. The van der Waals surface area contributed by atoms with Gasteiger partial charge in [0.1, 0.15) is 0 Å². The maximum atomic E-state index is 13.2. The molecule has 0 aliphatic carbocycles. The third kappa shape index (κ3) is 5.78. The SMILES string of the molecule is Cn1cc(-c2cccc(C(=O)Nc3nc(CCCC(=O)N4CCC(N)C4)cn3-c3ccccc3)c2)cn1. The van der Waals surface area contributed by atoms with E-state index in [1.54, 1.807) is 16.9 Å². The summed E-state index contributed by atoms with van der Waals surface area (Å²) >= 11 is 0. The van der Waals surface area contributed by atoms with Gasteiger partial charge in [0.05, 0.1) is 11.9 Å². The van der Waals surface area contributed by atoms with Crippen molar-refractivity contribution in [3.05, 3.63) is 84.4 Å². The van der Waals surface area contributed by atoms with E-state index in [1.807, 2.05) is 77.4 Å². The topological polar surface area (TPSA) is 111 Å². The van der Waals surface area contributed by atoms with E-state index in [0.29, 0.717) is 37.3 Å². The minimum absolute atomic E-state index is 0.0849. The van der Waals surface area contributed by atoms with Crippen LogP contribution in [0.5, 0.6) is 0 Å². The number of hydrogen-bond donors (Lipinski definition) is 2. The maximum Gasteiger partial charge on any atom is 0.258 e. The number of hydrogen-bond acceptors (Lipinski definition) is 5. The highest BCUT2D eigenvalue weighted by Gasteiger charge is 2.23. The fraction of sp³-hybridized carbons (Fsp3) is 0.286. The molecule has 2 amide bonds. The van der Waals surface area contributed by atoms with Gasteiger partial charge in [0.25, 0.3) is 5.91 Å². The molecular weight excluding hydrogens is 466 g/mol. The number of amides is 2. The Labute approximate surface area is 215 Å². The number of para-hydroxylation sites is 1. The molecule has 1 unspecified atom stereocenters. The first-order valence-electron chi connectivity index (χ1n) is 12.5. The lowest BCUT2D eigenvalue weighted by Crippen LogP contribution is -2.31. The highest BCUT2D eigenvalue weighted by atomic mass is 16.2. The van der Waals surface area contributed by atoms with Crippen molar-refractivity contribution in [3.8, 4) is 16.8 Å². The van der Waals surface area contributed by atoms with Crippen LogP contribution in [0.4, 0.5) is 5.95 Å². The second kappa shape index (κ2) is 10.8. The Balaban J connectivity index is 1.31. The van der Waals surface area contributed by atoms with Gasteiger partial charge in [-0.05, 0) is 49.1 Å². The fourth-order valence-corrected chi connectivity index (χ4v) is 4.60. The molecule has 1 aliphatic rings. The monoisotopic (exact) mass is 497 g/mol. The van der Waals surface area contributed by atoms with Gasteiger partial charge in [0, 0.05) is 61.8 Å². The van der Waals surface area contributed by atoms with Crippen LogP contribution in [0.25, 0.3) is 16.8 Å². The summed E-state index contributed by atoms with van der Waals surface area (Å²) in [6.45, 7) is 1.38. The Bertz CT molecular complexity index is 1390. The molecule has 37 heavy (non-hydrogen) atoms. The standard InChI is InChI=1S/C28H31N7O2/c1-33-17-22(16-30-33)20-7-5-8-21(15-20)27(37)32-28-31-24(19-35(28)25-10-3-2-4-11-25)9-6-12-26(36)34-14-13-23(29)18-34/h2-5,7-8,10-11,15-17,19,23H,6,9,12-14,18,29H2,1H3,(H,31,32,37). The van der Waals surface area contributed by atoms with E-state index < -0.39 is 0 Å². The summed E-state index contributed by atoms with van der Waals surface area (Å²) in [6.07, 6.45) is 8.23. The molecule has 5 rings (SSSR count). The third-order valence-electron chi connectivity index (χ3n) is 6.58. The Hall–Kier alpha value is -4.24. The van der Waals surface area contributed by atoms with Crippen molar-refractivity contribution in [1.82, 2.24) is 24.2 Å². The smallest absolute Gasteiger partial charge is 0.258 e. The molecule has 190 valence electrons. The van der Waals surface area contributed by atoms with E-state index in [-0.39, 0.29) is 17.9 Å². The van der Waals surface area contributed by atoms with Gasteiger partial charge in [-0.25, -0.2) is 4.98 Å². The van der Waals surface area contributed by atoms with Gasteiger partial charge in [0.2, 0.25) is 11.9 Å². The first kappa shape index (κ1) is 24.5. The second-order valence-corrected chi connectivity index (χ2v) is 9.44. The Morgan fingerprint density at radius 1 is 1.08 bits per heavy atom. The van der Waals surface area contributed by atoms with Crippen LogP contribution >= 0.6 is 0 Å². The number of likely N-dealkylation sites (tertiary alicyclic amines) is 1. The van der Waals surface area contributed by atoms with Crippen molar-refractivity contribution in [3.63, 3.8) is 0 Å². The number of nitrogens with two attached hydrogens (primary N) is 1. The second-order valence-electron chi connectivity index (χ2n) is 9.44. The number of rotatable bonds is 8. The molecule has 1 fully saturated rings. The fourth-order valence-electron chi connectivity index (χ4n) is 4.60. The average molecular weight is 498 g/mol. The molecule has 1 saturated heterocycles. The molecule has 3 heterocycles. The van der Waals surface area contributed by atoms with E-state index in [4.69, 9.17) is 10.7 Å². The summed E-state index contributed by atoms with van der Waals surface area (Å²) in [7, 11) is 1.86. The van der Waals surface area contributed by atoms with Gasteiger partial charge in [-0.15, -0.1) is 0 Å². The highest BCUT2D eigenvalue weighted by Crippen LogP contribution is 2.22. The van der Waals surface area contributed by atoms with Gasteiger partial charge in [0.15, 0.2) is 0 Å². The number of carbonyl (C=O) groups is 2. The Morgan fingerprint density at radius 3 is 2.65 bits per heavy atom. The molecule has 2 aromatic carbocycles. The van der Waals surface area contributed by atoms with Gasteiger partial charge >= 0.3 is 0 Å². The number of nitrogens with one attached hydrogen (secondary N) is 1. The van der Waals surface area contributed by atoms with Gasteiger partial charge < -0.3 is 10.6 Å². The van der Waals surface area contributed by atoms with E-state index in [2.05, 4.69) is 10.4 Å². The van der Waals surface area contributed by atoms with Crippen LogP contribution in [-0.2, 0) is 18.3 Å². The molecule has 1 atom stereocenters. The van der Waals surface area contributed by atoms with Crippen molar-refractivity contribution in [2.24, 2.45) is 12.8 Å². The number of aryl methyl sites for hydroxylation is 2. The number of carbonyl (C=O) groups excluding carboxylic acids is 2. The summed E-state index contributed by atoms with van der Waals surface area (Å²) < 4.78 is 3.60. The zero-order valence-corrected chi connectivity index (χ0v) is 20.9. The summed E-state index contributed by atoms with van der Waals surface area (Å²) in [6, 6.07) is 17.3. The Morgan fingerprint density at radius 2 is 1.92 bits per heavy atom. The van der Waals surface area contributed by atoms with E-state index in [9.17, 15) is 9.59 Å². The van der Waals surface area contributed by atoms with E-state index in [1.165, 1.54) is 0 Å². The van der Waals surface area contributed by atoms with Crippen molar-refractivity contribution < 1.29 is 9.59 Å². The molecule has 0 bridgehead atoms. The van der Waals surface area contributed by atoms with Crippen LogP contribution in [0.3, 0.4) is 0 Å². The predicted molar refractivity (Wildman–Crippen MR) is 142 cm³/mol. The van der Waals surface area contributed by atoms with Crippen LogP contribution < -0.4 is 11.1 Å². The average Bonchev–Trinajstić information content (AvgIpc) is 3.65. The van der Waals surface area contributed by atoms with Crippen LogP contribution in [0.2, 0.25) is 0 Å². The van der Waals surface area contributed by atoms with Crippen LogP contribution in [0.1, 0.15) is 35.3 Å². The van der Waals surface area contributed by atoms with Crippen molar-refractivity contribution in [2.75, 3.05) is 18.4 Å². The predicted octanol–water partition coefficient (Wildman–Crippen LogP) is 3.41. The minimum Gasteiger partial charge on any atom is -0.341 e. The molecule has 0 saturated carbocycles. The number of imidazole rings is 1. The maximum absolute atomic E-state index is 13.2. The quantitative estimate of drug-likeness (QED) is 0.388. The lowest BCUT2D eigenvalue weighted by Gasteiger charge is -2.15. The summed E-state index contributed by atoms with van der Waals surface area (Å²) in [5, 5.41) is 7.20. The number of anilines is 1. The summed E-state index contributed by atoms with van der Waals surface area (Å²) in [5.74, 6) is 0.327. The Kier molecular flexibility index (Phi) is 7.14. The molecule has 3 N–H and O–H groups in total. The zero-order valence-electron chi connectivity index (χ0n) is 20.9.